The van der Waals surface area contributed by atoms with Gasteiger partial charge in [-0.15, -0.1) is 11.3 Å². The summed E-state index contributed by atoms with van der Waals surface area (Å²) in [7, 11) is 3.43. The largest absolute Gasteiger partial charge is 0.497 e. The molecule has 0 atom stereocenters. The van der Waals surface area contributed by atoms with Gasteiger partial charge in [0, 0.05) is 57.3 Å². The number of H-pyrrole nitrogens is 1. The second-order valence-corrected chi connectivity index (χ2v) is 9.45. The van der Waals surface area contributed by atoms with Crippen LogP contribution in [0.4, 0.5) is 0 Å². The van der Waals surface area contributed by atoms with Crippen molar-refractivity contribution in [2.24, 2.45) is 5.92 Å². The molecule has 3 heterocycles. The van der Waals surface area contributed by atoms with Crippen molar-refractivity contribution in [3.05, 3.63) is 53.7 Å². The molecule has 0 bridgehead atoms. The van der Waals surface area contributed by atoms with Gasteiger partial charge in [-0.1, -0.05) is 0 Å². The van der Waals surface area contributed by atoms with Gasteiger partial charge < -0.3 is 19.0 Å². The predicted molar refractivity (Wildman–Crippen MR) is 131 cm³/mol. The molecule has 5 nitrogen and oxygen atoms in total. The van der Waals surface area contributed by atoms with Crippen molar-refractivity contribution in [3.8, 4) is 33.3 Å². The van der Waals surface area contributed by atoms with Gasteiger partial charge in [0.15, 0.2) is 0 Å². The lowest BCUT2D eigenvalue weighted by Gasteiger charge is -2.05. The summed E-state index contributed by atoms with van der Waals surface area (Å²) in [6.07, 6.45) is 4.92. The first kappa shape index (κ1) is 19.4. The van der Waals surface area contributed by atoms with Gasteiger partial charge in [-0.3, -0.25) is 0 Å². The number of nitrogens with one attached hydrogen (secondary N) is 1. The average Bonchev–Trinajstić information content (AvgIpc) is 3.23. The Morgan fingerprint density at radius 1 is 1.06 bits per heavy atom. The number of fused-ring (bicyclic) bond motifs is 2. The fraction of sp³-hybridized carbons (Fsp3) is 0.269. The van der Waals surface area contributed by atoms with E-state index in [1.165, 1.54) is 29.3 Å². The summed E-state index contributed by atoms with van der Waals surface area (Å²) in [5.41, 5.74) is 6.76. The lowest BCUT2D eigenvalue weighted by molar-refractivity contribution is 0.415. The van der Waals surface area contributed by atoms with Crippen LogP contribution >= 0.6 is 11.3 Å². The van der Waals surface area contributed by atoms with Crippen molar-refractivity contribution in [1.29, 1.82) is 0 Å². The topological polar surface area (TPSA) is 52.1 Å². The number of thiazole rings is 1. The van der Waals surface area contributed by atoms with Crippen LogP contribution in [0.5, 0.6) is 11.5 Å². The van der Waals surface area contributed by atoms with Crippen molar-refractivity contribution in [2.45, 2.75) is 26.3 Å². The van der Waals surface area contributed by atoms with Crippen LogP contribution in [0.15, 0.2) is 48.0 Å². The van der Waals surface area contributed by atoms with E-state index >= 15 is 0 Å². The van der Waals surface area contributed by atoms with E-state index < -0.39 is 0 Å². The third-order valence-corrected chi connectivity index (χ3v) is 7.30. The molecular formula is C26H25N3O2S. The normalized spacial score (nSPS) is 13.8. The van der Waals surface area contributed by atoms with Crippen molar-refractivity contribution in [1.82, 2.24) is 14.5 Å². The average molecular weight is 444 g/mol. The lowest BCUT2D eigenvalue weighted by Crippen LogP contribution is -1.97. The van der Waals surface area contributed by atoms with Gasteiger partial charge in [0.25, 0.3) is 0 Å². The summed E-state index contributed by atoms with van der Waals surface area (Å²) in [6, 6.07) is 12.5. The maximum atomic E-state index is 5.50. The Hall–Kier alpha value is -3.25. The number of hydrogen-bond donors (Lipinski definition) is 1. The van der Waals surface area contributed by atoms with E-state index in [4.69, 9.17) is 14.5 Å². The number of ether oxygens (including phenoxy) is 2. The van der Waals surface area contributed by atoms with Gasteiger partial charge in [-0.2, -0.15) is 0 Å². The number of aromatic nitrogens is 3. The minimum Gasteiger partial charge on any atom is -0.497 e. The van der Waals surface area contributed by atoms with Gasteiger partial charge in [0.2, 0.25) is 0 Å². The number of benzene rings is 2. The first-order chi connectivity index (χ1) is 15.6. The molecule has 1 aliphatic rings. The zero-order chi connectivity index (χ0) is 21.8. The summed E-state index contributed by atoms with van der Waals surface area (Å²) < 4.78 is 13.3. The molecule has 0 unspecified atom stereocenters. The van der Waals surface area contributed by atoms with Crippen LogP contribution < -0.4 is 9.47 Å². The van der Waals surface area contributed by atoms with Gasteiger partial charge in [0.05, 0.1) is 25.4 Å². The molecule has 1 aliphatic carbocycles. The Kier molecular flexibility index (Phi) is 4.50. The van der Waals surface area contributed by atoms with E-state index in [2.05, 4.69) is 52.3 Å². The Morgan fingerprint density at radius 2 is 1.84 bits per heavy atom. The molecule has 1 fully saturated rings. The third-order valence-electron chi connectivity index (χ3n) is 6.43. The quantitative estimate of drug-likeness (QED) is 0.320. The Balaban J connectivity index is 1.47. The van der Waals surface area contributed by atoms with E-state index in [0.717, 1.165) is 56.8 Å². The third kappa shape index (κ3) is 3.17. The van der Waals surface area contributed by atoms with E-state index in [9.17, 15) is 0 Å². The van der Waals surface area contributed by atoms with Crippen LogP contribution in [0.3, 0.4) is 0 Å². The maximum absolute atomic E-state index is 5.50. The van der Waals surface area contributed by atoms with Crippen molar-refractivity contribution < 1.29 is 9.47 Å². The molecule has 0 saturated heterocycles. The van der Waals surface area contributed by atoms with Crippen LogP contribution in [-0.4, -0.2) is 28.8 Å². The summed E-state index contributed by atoms with van der Waals surface area (Å²) in [5, 5.41) is 5.57. The fourth-order valence-electron chi connectivity index (χ4n) is 4.57. The highest BCUT2D eigenvalue weighted by atomic mass is 32.1. The highest BCUT2D eigenvalue weighted by molar-refractivity contribution is 7.13. The highest BCUT2D eigenvalue weighted by Gasteiger charge is 2.24. The van der Waals surface area contributed by atoms with Crippen LogP contribution in [-0.2, 0) is 6.54 Å². The monoisotopic (exact) mass is 443 g/mol. The SMILES string of the molecule is COc1ccc2[nH]c(C)c(-c3csc(-c4cn(CC5CC5)c5cc(OC)ccc45)n3)c2c1. The van der Waals surface area contributed by atoms with Crippen LogP contribution in [0.1, 0.15) is 18.5 Å². The molecule has 0 aliphatic heterocycles. The Bertz CT molecular complexity index is 1460. The number of aromatic amines is 1. The first-order valence-electron chi connectivity index (χ1n) is 10.9. The van der Waals surface area contributed by atoms with Gasteiger partial charge in [-0.05, 0) is 56.0 Å². The Labute approximate surface area is 190 Å². The molecule has 1 saturated carbocycles. The molecule has 0 amide bonds. The molecule has 32 heavy (non-hydrogen) atoms. The van der Waals surface area contributed by atoms with Gasteiger partial charge >= 0.3 is 0 Å². The highest BCUT2D eigenvalue weighted by Crippen LogP contribution is 2.40. The molecule has 6 heteroatoms. The second-order valence-electron chi connectivity index (χ2n) is 8.60. The van der Waals surface area contributed by atoms with Crippen LogP contribution in [0.2, 0.25) is 0 Å². The molecule has 0 radical (unpaired) electrons. The lowest BCUT2D eigenvalue weighted by atomic mass is 10.1. The smallest absolute Gasteiger partial charge is 0.126 e. The van der Waals surface area contributed by atoms with Crippen molar-refractivity contribution in [2.75, 3.05) is 14.2 Å². The summed E-state index contributed by atoms with van der Waals surface area (Å²) in [6.45, 7) is 3.16. The van der Waals surface area contributed by atoms with Crippen LogP contribution in [0, 0.1) is 12.8 Å². The molecule has 5 aromatic rings. The molecule has 2 aromatic carbocycles. The standard InChI is InChI=1S/C26H25N3O2S/c1-15-25(20-10-17(30-2)7-9-22(20)27-15)23-14-32-26(28-23)21-13-29(12-16-4-5-16)24-11-18(31-3)6-8-19(21)24/h6-11,13-14,16,27H,4-5,12H2,1-3H3. The summed E-state index contributed by atoms with van der Waals surface area (Å²) in [5.74, 6) is 2.54. The van der Waals surface area contributed by atoms with Crippen molar-refractivity contribution >= 4 is 33.1 Å². The number of aryl methyl sites for hydroxylation is 1. The molecule has 1 N–H and O–H groups in total. The predicted octanol–water partition coefficient (Wildman–Crippen LogP) is 6.65. The van der Waals surface area contributed by atoms with Gasteiger partial charge in [-0.25, -0.2) is 4.98 Å². The zero-order valence-electron chi connectivity index (χ0n) is 18.4. The van der Waals surface area contributed by atoms with E-state index in [-0.39, 0.29) is 0 Å². The molecule has 6 rings (SSSR count). The summed E-state index contributed by atoms with van der Waals surface area (Å²) >= 11 is 1.70. The van der Waals surface area contributed by atoms with Crippen LogP contribution in [0.25, 0.3) is 43.6 Å². The molecular weight excluding hydrogens is 418 g/mol. The van der Waals surface area contributed by atoms with E-state index in [1.54, 1.807) is 25.6 Å². The minimum absolute atomic E-state index is 0.792. The first-order valence-corrected chi connectivity index (χ1v) is 11.8. The van der Waals surface area contributed by atoms with E-state index in [0.29, 0.717) is 0 Å². The Morgan fingerprint density at radius 3 is 2.62 bits per heavy atom. The fourth-order valence-corrected chi connectivity index (χ4v) is 5.41. The second kappa shape index (κ2) is 7.41. The molecule has 3 aromatic heterocycles. The minimum atomic E-state index is 0.792. The maximum Gasteiger partial charge on any atom is 0.126 e. The van der Waals surface area contributed by atoms with Crippen molar-refractivity contribution in [3.63, 3.8) is 0 Å². The molecule has 162 valence electrons. The number of nitrogens with zero attached hydrogens (tertiary/aromatic N) is 2. The summed E-state index contributed by atoms with van der Waals surface area (Å²) in [4.78, 5) is 8.60. The zero-order valence-corrected chi connectivity index (χ0v) is 19.3. The number of rotatable bonds is 6. The number of methoxy groups -OCH3 is 2. The molecule has 0 spiro atoms. The number of hydrogen-bond acceptors (Lipinski definition) is 4. The van der Waals surface area contributed by atoms with Gasteiger partial charge in [0.1, 0.15) is 16.5 Å². The van der Waals surface area contributed by atoms with E-state index in [1.807, 2.05) is 12.1 Å².